The number of ether oxygens (including phenoxy) is 2. The third-order valence-electron chi connectivity index (χ3n) is 6.60. The molecule has 4 amide bonds. The van der Waals surface area contributed by atoms with Gasteiger partial charge in [0.25, 0.3) is 0 Å². The predicted molar refractivity (Wildman–Crippen MR) is 187 cm³/mol. The molecule has 6 N–H and O–H groups in total. The molecule has 0 unspecified atom stereocenters. The van der Waals surface area contributed by atoms with Crippen LogP contribution in [0.15, 0.2) is 60.8 Å². The number of carbonyl (C=O) groups is 5. The number of amides is 4. The Balaban J connectivity index is 1.80. The Morgan fingerprint density at radius 3 is 2.23 bits per heavy atom. The topological polar surface area (TPSA) is 182 Å². The van der Waals surface area contributed by atoms with Crippen LogP contribution in [0.5, 0.6) is 0 Å². The van der Waals surface area contributed by atoms with E-state index in [1.807, 2.05) is 30.3 Å². The van der Waals surface area contributed by atoms with Crippen molar-refractivity contribution in [2.75, 3.05) is 12.9 Å². The summed E-state index contributed by atoms with van der Waals surface area (Å²) >= 11 is 0. The molecule has 0 aliphatic heterocycles. The maximum atomic E-state index is 13.8. The molecule has 0 fully saturated rings. The number of fused-ring (bicyclic) bond motifs is 1. The first-order valence-corrected chi connectivity index (χ1v) is 18.5. The Hall–Kier alpha value is -3.82. The molecule has 0 aliphatic carbocycles. The molecule has 0 radical (unpaired) electrons. The highest BCUT2D eigenvalue weighted by molar-refractivity contribution is 9.09. The van der Waals surface area contributed by atoms with E-state index in [0.29, 0.717) is 0 Å². The second-order valence-electron chi connectivity index (χ2n) is 11.5. The molecule has 47 heavy (non-hydrogen) atoms. The van der Waals surface area contributed by atoms with Crippen LogP contribution in [-0.2, 0) is 41.7 Å². The molecule has 1 aromatic heterocycles. The third-order valence-corrected chi connectivity index (χ3v) is 11.6. The number of rotatable bonds is 17. The molecule has 1 heterocycles. The van der Waals surface area contributed by atoms with Crippen LogP contribution in [0, 0.1) is 0 Å². The van der Waals surface area contributed by atoms with E-state index < -0.39 is 47.9 Å². The molecule has 3 rings (SSSR count). The Labute approximate surface area is 285 Å². The second kappa shape index (κ2) is 18.5. The Bertz CT molecular complexity index is 1510. The predicted octanol–water partition coefficient (Wildman–Crippen LogP) is 4.24. The largest absolute Gasteiger partial charge is 0.467 e. The summed E-state index contributed by atoms with van der Waals surface area (Å²) in [6.45, 7) is 6.16. The van der Waals surface area contributed by atoms with Crippen molar-refractivity contribution in [3.63, 3.8) is 0 Å². The number of esters is 1. The number of hydrogen-bond acceptors (Lipinski definition) is 10. The van der Waals surface area contributed by atoms with E-state index >= 15 is 0 Å². The zero-order valence-corrected chi connectivity index (χ0v) is 29.2. The highest BCUT2D eigenvalue weighted by Crippen LogP contribution is 2.43. The number of aromatic amines is 1. The molecular weight excluding hydrogens is 663 g/mol. The van der Waals surface area contributed by atoms with E-state index in [0.717, 1.165) is 22.0 Å². The Kier molecular flexibility index (Phi) is 14.8. The fourth-order valence-corrected chi connectivity index (χ4v) is 9.03. The minimum absolute atomic E-state index is 0.0105. The van der Waals surface area contributed by atoms with Crippen molar-refractivity contribution in [1.82, 2.24) is 20.9 Å². The van der Waals surface area contributed by atoms with Crippen molar-refractivity contribution in [1.29, 1.82) is 0 Å². The monoisotopic (exact) mass is 703 g/mol. The molecule has 2 aromatic carbocycles. The maximum Gasteiger partial charge on any atom is 0.408 e. The number of carbonyl (C=O) groups excluding carboxylic acids is 5. The molecule has 12 nitrogen and oxygen atoms in total. The van der Waals surface area contributed by atoms with Gasteiger partial charge in [-0.05, 0) is 33.4 Å². The van der Waals surface area contributed by atoms with Gasteiger partial charge in [-0.2, -0.15) is 0 Å². The minimum Gasteiger partial charge on any atom is -0.467 e. The van der Waals surface area contributed by atoms with Crippen LogP contribution < -0.4 is 21.7 Å². The van der Waals surface area contributed by atoms with Crippen molar-refractivity contribution >= 4 is 72.1 Å². The number of primary amides is 1. The van der Waals surface area contributed by atoms with Crippen molar-refractivity contribution in [2.24, 2.45) is 5.73 Å². The van der Waals surface area contributed by atoms with Crippen LogP contribution in [0.3, 0.4) is 0 Å². The van der Waals surface area contributed by atoms with E-state index in [1.54, 1.807) is 41.3 Å². The van der Waals surface area contributed by atoms with Gasteiger partial charge >= 0.3 is 12.1 Å². The smallest absolute Gasteiger partial charge is 0.408 e. The highest BCUT2D eigenvalue weighted by Gasteiger charge is 2.31. The summed E-state index contributed by atoms with van der Waals surface area (Å²) in [5.41, 5.74) is 7.66. The van der Waals surface area contributed by atoms with E-state index in [4.69, 9.17) is 15.2 Å². The Morgan fingerprint density at radius 2 is 1.55 bits per heavy atom. The van der Waals surface area contributed by atoms with Crippen LogP contribution in [-0.4, -0.2) is 70.5 Å². The number of nitrogens with one attached hydrogen (secondary N) is 4. The highest BCUT2D eigenvalue weighted by atomic mass is 33.5. The lowest BCUT2D eigenvalue weighted by Crippen LogP contribution is -2.57. The zero-order valence-electron chi connectivity index (χ0n) is 26.7. The van der Waals surface area contributed by atoms with Crippen LogP contribution in [0.4, 0.5) is 4.79 Å². The maximum absolute atomic E-state index is 13.8. The lowest BCUT2D eigenvalue weighted by molar-refractivity contribution is -0.144. The standard InChI is InChI=1S/C32H41N5O7S3/c1-32(2,3)46-47-45-19-26(30(41)43-4)36-29(40)25(16-21-17-34-23-13-9-8-12-22(21)23)35-28(39)24(14-15-27(33)38)37-31(42)44-18-20-10-6-5-7-11-20/h5-13,17,24-26,34H,14-16,18-19H2,1-4H3,(H2,33,38)(H,35,39)(H,36,40)(H,37,42)/t24-,25-,26-/m0/s1. The fraction of sp³-hybridized carbons (Fsp3) is 0.406. The van der Waals surface area contributed by atoms with E-state index in [9.17, 15) is 24.0 Å². The van der Waals surface area contributed by atoms with Gasteiger partial charge in [0, 0.05) is 40.4 Å². The van der Waals surface area contributed by atoms with E-state index in [1.165, 1.54) is 27.7 Å². The first-order chi connectivity index (χ1) is 22.4. The molecule has 254 valence electrons. The number of benzene rings is 2. The number of alkyl carbamates (subject to hydrolysis) is 1. The van der Waals surface area contributed by atoms with Gasteiger partial charge in [-0.1, -0.05) is 90.9 Å². The molecule has 15 heteroatoms. The van der Waals surface area contributed by atoms with Crippen LogP contribution in [0.2, 0.25) is 0 Å². The molecule has 0 bridgehead atoms. The lowest BCUT2D eigenvalue weighted by atomic mass is 10.0. The molecule has 0 spiro atoms. The summed E-state index contributed by atoms with van der Waals surface area (Å²) in [5.74, 6) is -2.45. The first kappa shape index (κ1) is 37.6. The summed E-state index contributed by atoms with van der Waals surface area (Å²) in [6.07, 6.45) is 0.576. The molecule has 0 saturated carbocycles. The SMILES string of the molecule is COC(=O)[C@H](CSSSC(C)(C)C)NC(=O)[C@H](Cc1c[nH]c2ccccc12)NC(=O)[C@H](CCC(N)=O)NC(=O)OCc1ccccc1. The molecule has 3 atom stereocenters. The zero-order chi connectivity index (χ0) is 34.4. The number of H-pyrrole nitrogens is 1. The van der Waals surface area contributed by atoms with Gasteiger partial charge in [-0.15, -0.1) is 0 Å². The quantitative estimate of drug-likeness (QED) is 0.0775. The molecule has 0 aliphatic rings. The molecular formula is C32H41N5O7S3. The molecule has 0 saturated heterocycles. The van der Waals surface area contributed by atoms with Gasteiger partial charge in [-0.3, -0.25) is 14.4 Å². The van der Waals surface area contributed by atoms with Gasteiger partial charge in [0.15, 0.2) is 0 Å². The van der Waals surface area contributed by atoms with Crippen molar-refractivity contribution in [3.8, 4) is 0 Å². The fourth-order valence-electron chi connectivity index (χ4n) is 4.27. The lowest BCUT2D eigenvalue weighted by Gasteiger charge is -2.25. The van der Waals surface area contributed by atoms with Crippen LogP contribution in [0.1, 0.15) is 44.7 Å². The number of hydrogen-bond donors (Lipinski definition) is 5. The van der Waals surface area contributed by atoms with Crippen LogP contribution in [0.25, 0.3) is 10.9 Å². The normalized spacial score (nSPS) is 13.2. The van der Waals surface area contributed by atoms with Gasteiger partial charge < -0.3 is 36.1 Å². The van der Waals surface area contributed by atoms with Crippen molar-refractivity contribution < 1.29 is 33.4 Å². The van der Waals surface area contributed by atoms with Gasteiger partial charge in [-0.25, -0.2) is 9.59 Å². The number of nitrogens with two attached hydrogens (primary N) is 1. The van der Waals surface area contributed by atoms with Crippen molar-refractivity contribution in [2.45, 2.75) is 69.5 Å². The van der Waals surface area contributed by atoms with Crippen molar-refractivity contribution in [3.05, 3.63) is 71.9 Å². The third kappa shape index (κ3) is 13.1. The minimum atomic E-state index is -1.25. The van der Waals surface area contributed by atoms with E-state index in [-0.39, 0.29) is 36.4 Å². The second-order valence-corrected chi connectivity index (χ2v) is 16.5. The van der Waals surface area contributed by atoms with Gasteiger partial charge in [0.05, 0.1) is 7.11 Å². The Morgan fingerprint density at radius 1 is 0.894 bits per heavy atom. The summed E-state index contributed by atoms with van der Waals surface area (Å²) in [5, 5.41) is 8.79. The van der Waals surface area contributed by atoms with Gasteiger partial charge in [0.2, 0.25) is 17.7 Å². The molecule has 3 aromatic rings. The van der Waals surface area contributed by atoms with Crippen LogP contribution >= 0.6 is 31.4 Å². The number of para-hydroxylation sites is 1. The average Bonchev–Trinajstić information content (AvgIpc) is 3.45. The summed E-state index contributed by atoms with van der Waals surface area (Å²) in [6, 6.07) is 13.1. The summed E-state index contributed by atoms with van der Waals surface area (Å²) < 4.78 is 10.2. The average molecular weight is 704 g/mol. The number of aromatic nitrogens is 1. The van der Waals surface area contributed by atoms with E-state index in [2.05, 4.69) is 41.7 Å². The first-order valence-electron chi connectivity index (χ1n) is 14.8. The summed E-state index contributed by atoms with van der Waals surface area (Å²) in [7, 11) is 5.76. The number of methoxy groups -OCH3 is 1. The van der Waals surface area contributed by atoms with Gasteiger partial charge in [0.1, 0.15) is 24.7 Å². The summed E-state index contributed by atoms with van der Waals surface area (Å²) in [4.78, 5) is 67.5.